The van der Waals surface area contributed by atoms with Crippen LogP contribution in [0.3, 0.4) is 0 Å². The van der Waals surface area contributed by atoms with Crippen molar-refractivity contribution in [2.24, 2.45) is 0 Å². The largest absolute Gasteiger partial charge is 0.451 e. The summed E-state index contributed by atoms with van der Waals surface area (Å²) in [6.45, 7) is 3.11. The Morgan fingerprint density at radius 2 is 1.79 bits per heavy atom. The number of anilines is 2. The number of nitrogens with one attached hydrogen (secondary N) is 2. The molecule has 4 aromatic rings. The number of halogens is 1. The van der Waals surface area contributed by atoms with Crippen LogP contribution in [0.5, 0.6) is 0 Å². The highest BCUT2D eigenvalue weighted by Crippen LogP contribution is 2.31. The number of fused-ring (bicyclic) bond motifs is 2. The van der Waals surface area contributed by atoms with Crippen molar-refractivity contribution in [1.29, 1.82) is 0 Å². The smallest absolute Gasteiger partial charge is 0.298 e. The van der Waals surface area contributed by atoms with Crippen molar-refractivity contribution in [2.75, 3.05) is 23.3 Å². The highest BCUT2D eigenvalue weighted by molar-refractivity contribution is 7.84. The highest BCUT2D eigenvalue weighted by Gasteiger charge is 2.22. The molecule has 3 aromatic carbocycles. The van der Waals surface area contributed by atoms with Gasteiger partial charge in [0.2, 0.25) is 5.91 Å². The van der Waals surface area contributed by atoms with Gasteiger partial charge >= 0.3 is 0 Å². The van der Waals surface area contributed by atoms with E-state index < -0.39 is 22.7 Å². The van der Waals surface area contributed by atoms with Crippen LogP contribution in [0.25, 0.3) is 21.7 Å². The molecular weight excluding hydrogens is 445 g/mol. The molecule has 2 amide bonds. The van der Waals surface area contributed by atoms with Gasteiger partial charge < -0.3 is 14.6 Å². The molecule has 0 saturated carbocycles. The molecule has 9 heteroatoms. The van der Waals surface area contributed by atoms with Gasteiger partial charge in [0.05, 0.1) is 10.3 Å². The summed E-state index contributed by atoms with van der Waals surface area (Å²) in [6, 6.07) is 14.8. The van der Waals surface area contributed by atoms with Crippen molar-refractivity contribution >= 4 is 55.9 Å². The average molecular weight is 466 g/mol. The van der Waals surface area contributed by atoms with Crippen molar-refractivity contribution in [3.05, 3.63) is 66.2 Å². The summed E-state index contributed by atoms with van der Waals surface area (Å²) in [7, 11) is -1.91. The normalized spacial score (nSPS) is 14.2. The van der Waals surface area contributed by atoms with E-state index in [1.54, 1.807) is 42.5 Å². The van der Waals surface area contributed by atoms with Crippen LogP contribution in [0, 0.1) is 5.82 Å². The maximum absolute atomic E-state index is 14.6. The molecule has 0 spiro atoms. The third-order valence-electron chi connectivity index (χ3n) is 5.60. The fourth-order valence-electron chi connectivity index (χ4n) is 3.87. The van der Waals surface area contributed by atoms with E-state index in [9.17, 15) is 18.2 Å². The molecule has 2 heterocycles. The monoisotopic (exact) mass is 465 g/mol. The molecule has 33 heavy (non-hydrogen) atoms. The van der Waals surface area contributed by atoms with Crippen LogP contribution in [0.1, 0.15) is 23.9 Å². The maximum Gasteiger partial charge on any atom is 0.298 e. The lowest BCUT2D eigenvalue weighted by Gasteiger charge is -2.33. The lowest BCUT2D eigenvalue weighted by molar-refractivity contribution is -0.114. The molecule has 1 aliphatic rings. The number of hydrogen-bond acceptors (Lipinski definition) is 5. The summed E-state index contributed by atoms with van der Waals surface area (Å²) >= 11 is 0. The van der Waals surface area contributed by atoms with Crippen LogP contribution in [-0.4, -0.2) is 29.1 Å². The third-order valence-corrected chi connectivity index (χ3v) is 6.72. The number of benzene rings is 3. The Morgan fingerprint density at radius 1 is 1.03 bits per heavy atom. The minimum absolute atomic E-state index is 0.128. The predicted octanol–water partition coefficient (Wildman–Crippen LogP) is 4.35. The lowest BCUT2D eigenvalue weighted by atomic mass is 10.1. The Bertz CT molecular complexity index is 1440. The molecule has 5 rings (SSSR count). The van der Waals surface area contributed by atoms with Gasteiger partial charge in [-0.15, -0.1) is 0 Å². The zero-order valence-electron chi connectivity index (χ0n) is 17.7. The van der Waals surface area contributed by atoms with Crippen molar-refractivity contribution in [1.82, 2.24) is 4.72 Å². The van der Waals surface area contributed by atoms with Crippen LogP contribution in [0.15, 0.2) is 63.9 Å². The Balaban J connectivity index is 1.43. The predicted molar refractivity (Wildman–Crippen MR) is 125 cm³/mol. The number of carbonyl (C=O) groups is 2. The maximum atomic E-state index is 14.6. The number of carbonyl (C=O) groups excluding carboxylic acids is 2. The number of amides is 2. The Labute approximate surface area is 191 Å². The van der Waals surface area contributed by atoms with Gasteiger partial charge in [-0.05, 0) is 24.6 Å². The lowest BCUT2D eigenvalue weighted by Crippen LogP contribution is -2.36. The Hall–Kier alpha value is -3.72. The molecule has 0 bridgehead atoms. The molecule has 168 valence electrons. The Kier molecular flexibility index (Phi) is 5.33. The van der Waals surface area contributed by atoms with E-state index in [1.165, 1.54) is 19.1 Å². The fraction of sp³-hybridized carbons (Fsp3) is 0.167. The van der Waals surface area contributed by atoms with Gasteiger partial charge in [0.1, 0.15) is 11.4 Å². The second-order valence-electron chi connectivity index (χ2n) is 7.83. The van der Waals surface area contributed by atoms with Gasteiger partial charge in [0, 0.05) is 54.3 Å². The standard InChI is InChI=1S/C24H20FN3O4S/c1-14(29)26-20-7-8-23(17-6-3-2-5-16(17)20)33(31)27-24(30)22-13-18-19(25)11-15(12-21(18)32-22)28-9-4-10-28/h2-3,5-8,11-13H,4,9-10H2,1H3,(H,26,29)(H,27,30). The van der Waals surface area contributed by atoms with E-state index in [4.69, 9.17) is 4.42 Å². The number of furan rings is 1. The molecule has 1 saturated heterocycles. The molecule has 1 atom stereocenters. The second kappa shape index (κ2) is 8.32. The fourth-order valence-corrected chi connectivity index (χ4v) is 4.82. The molecule has 1 aromatic heterocycles. The van der Waals surface area contributed by atoms with Crippen molar-refractivity contribution in [3.8, 4) is 0 Å². The molecule has 1 unspecified atom stereocenters. The van der Waals surface area contributed by atoms with E-state index in [2.05, 4.69) is 10.0 Å². The highest BCUT2D eigenvalue weighted by atomic mass is 32.2. The number of nitrogens with zero attached hydrogens (tertiary/aromatic N) is 1. The summed E-state index contributed by atoms with van der Waals surface area (Å²) in [5, 5.41) is 4.25. The molecule has 7 nitrogen and oxygen atoms in total. The summed E-state index contributed by atoms with van der Waals surface area (Å²) in [5.41, 5.74) is 1.55. The van der Waals surface area contributed by atoms with Crippen LogP contribution in [-0.2, 0) is 15.8 Å². The number of rotatable bonds is 5. The third kappa shape index (κ3) is 3.95. The van der Waals surface area contributed by atoms with Crippen LogP contribution >= 0.6 is 0 Å². The molecular formula is C24H20FN3O4S. The van der Waals surface area contributed by atoms with Gasteiger partial charge in [-0.2, -0.15) is 0 Å². The summed E-state index contributed by atoms with van der Waals surface area (Å²) in [5.74, 6) is -1.55. The molecule has 1 fully saturated rings. The van der Waals surface area contributed by atoms with Crippen molar-refractivity contribution in [3.63, 3.8) is 0 Å². The van der Waals surface area contributed by atoms with Gasteiger partial charge in [-0.1, -0.05) is 24.3 Å². The first-order valence-electron chi connectivity index (χ1n) is 10.4. The van der Waals surface area contributed by atoms with E-state index >= 15 is 0 Å². The average Bonchev–Trinajstić information content (AvgIpc) is 3.17. The van der Waals surface area contributed by atoms with Gasteiger partial charge in [-0.3, -0.25) is 14.3 Å². The summed E-state index contributed by atoms with van der Waals surface area (Å²) in [4.78, 5) is 26.6. The SMILES string of the molecule is CC(=O)Nc1ccc(S(=O)NC(=O)c2cc3c(F)cc(N4CCC4)cc3o2)c2ccccc12. The minimum Gasteiger partial charge on any atom is -0.451 e. The van der Waals surface area contributed by atoms with Gasteiger partial charge in [0.15, 0.2) is 16.7 Å². The van der Waals surface area contributed by atoms with Crippen molar-refractivity contribution in [2.45, 2.75) is 18.2 Å². The van der Waals surface area contributed by atoms with E-state index in [-0.39, 0.29) is 22.6 Å². The quantitative estimate of drug-likeness (QED) is 0.457. The first-order valence-corrected chi connectivity index (χ1v) is 11.6. The molecule has 1 aliphatic heterocycles. The molecule has 2 N–H and O–H groups in total. The minimum atomic E-state index is -1.91. The Morgan fingerprint density at radius 3 is 2.48 bits per heavy atom. The second-order valence-corrected chi connectivity index (χ2v) is 9.01. The summed E-state index contributed by atoms with van der Waals surface area (Å²) < 4.78 is 35.6. The van der Waals surface area contributed by atoms with Gasteiger partial charge in [0.25, 0.3) is 5.91 Å². The first-order chi connectivity index (χ1) is 15.9. The van der Waals surface area contributed by atoms with E-state index in [0.29, 0.717) is 27.0 Å². The zero-order chi connectivity index (χ0) is 23.1. The van der Waals surface area contributed by atoms with Gasteiger partial charge in [-0.25, -0.2) is 8.60 Å². The van der Waals surface area contributed by atoms with Crippen LogP contribution in [0.2, 0.25) is 0 Å². The number of hydrogen-bond donors (Lipinski definition) is 2. The van der Waals surface area contributed by atoms with Crippen molar-refractivity contribution < 1.29 is 22.6 Å². The van der Waals surface area contributed by atoms with E-state index in [0.717, 1.165) is 19.5 Å². The first kappa shape index (κ1) is 21.1. The zero-order valence-corrected chi connectivity index (χ0v) is 18.5. The topological polar surface area (TPSA) is 91.7 Å². The molecule has 0 radical (unpaired) electrons. The van der Waals surface area contributed by atoms with Crippen LogP contribution in [0.4, 0.5) is 15.8 Å². The summed E-state index contributed by atoms with van der Waals surface area (Å²) in [6.07, 6.45) is 1.05. The van der Waals surface area contributed by atoms with E-state index in [1.807, 2.05) is 4.90 Å². The molecule has 0 aliphatic carbocycles. The van der Waals surface area contributed by atoms with Crippen LogP contribution < -0.4 is 14.9 Å².